The molecule has 0 aromatic heterocycles. The number of nitrogens with zero attached hydrogens (tertiary/aromatic N) is 1. The number of hydrogen-bond acceptors (Lipinski definition) is 4. The van der Waals surface area contributed by atoms with Crippen molar-refractivity contribution in [2.24, 2.45) is 10.9 Å². The van der Waals surface area contributed by atoms with Crippen LogP contribution in [0.4, 0.5) is 8.78 Å². The average molecular weight is 287 g/mol. The number of nitrogens with one attached hydrogen (secondary N) is 1. The third-order valence-corrected chi connectivity index (χ3v) is 2.50. The Hall–Kier alpha value is -2.38. The van der Waals surface area contributed by atoms with Gasteiger partial charge in [0, 0.05) is 5.56 Å². The zero-order valence-electron chi connectivity index (χ0n) is 10.9. The number of amides is 1. The van der Waals surface area contributed by atoms with Crippen LogP contribution in [0.2, 0.25) is 0 Å². The van der Waals surface area contributed by atoms with Gasteiger partial charge in [-0.15, -0.1) is 0 Å². The number of halogens is 2. The van der Waals surface area contributed by atoms with Gasteiger partial charge >= 0.3 is 6.61 Å². The summed E-state index contributed by atoms with van der Waals surface area (Å²) in [6.07, 6.45) is 0. The first-order valence-electron chi connectivity index (χ1n) is 5.61. The Morgan fingerprint density at radius 1 is 1.50 bits per heavy atom. The molecule has 0 unspecified atom stereocenters. The van der Waals surface area contributed by atoms with E-state index >= 15 is 0 Å². The Balaban J connectivity index is 2.88. The van der Waals surface area contributed by atoms with Crippen LogP contribution in [-0.4, -0.2) is 29.1 Å². The summed E-state index contributed by atoms with van der Waals surface area (Å²) in [5.41, 5.74) is 4.46. The molecule has 110 valence electrons. The van der Waals surface area contributed by atoms with Crippen LogP contribution in [0, 0.1) is 0 Å². The fraction of sp³-hybridized carbons (Fsp3) is 0.333. The lowest BCUT2D eigenvalue weighted by molar-refractivity contribution is -0.0498. The molecular weight excluding hydrogens is 272 g/mol. The number of carbonyl (C=O) groups is 1. The first kappa shape index (κ1) is 15.7. The smallest absolute Gasteiger partial charge is 0.387 e. The van der Waals surface area contributed by atoms with Crippen molar-refractivity contribution in [3.05, 3.63) is 29.8 Å². The number of carbonyl (C=O) groups excluding carboxylic acids is 1. The number of oxime groups is 1. The van der Waals surface area contributed by atoms with Crippen molar-refractivity contribution < 1.29 is 23.5 Å². The molecule has 6 nitrogen and oxygen atoms in total. The summed E-state index contributed by atoms with van der Waals surface area (Å²) in [5.74, 6) is -0.888. The normalized spacial score (nSPS) is 12.3. The van der Waals surface area contributed by atoms with E-state index in [9.17, 15) is 13.6 Å². The first-order chi connectivity index (χ1) is 9.26. The second-order valence-corrected chi connectivity index (χ2v) is 4.47. The molecule has 4 N–H and O–H groups in total. The average Bonchev–Trinajstić information content (AvgIpc) is 2.36. The highest BCUT2D eigenvalue weighted by Crippen LogP contribution is 2.16. The molecule has 20 heavy (non-hydrogen) atoms. The summed E-state index contributed by atoms with van der Waals surface area (Å²) >= 11 is 0. The van der Waals surface area contributed by atoms with Crippen LogP contribution < -0.4 is 15.8 Å². The van der Waals surface area contributed by atoms with Gasteiger partial charge in [0.1, 0.15) is 5.75 Å². The summed E-state index contributed by atoms with van der Waals surface area (Å²) in [6, 6.07) is 5.31. The summed E-state index contributed by atoms with van der Waals surface area (Å²) in [7, 11) is 0. The van der Waals surface area contributed by atoms with Crippen LogP contribution in [0.5, 0.6) is 5.75 Å². The van der Waals surface area contributed by atoms with E-state index in [-0.39, 0.29) is 17.1 Å². The first-order valence-corrected chi connectivity index (χ1v) is 5.61. The minimum Gasteiger partial charge on any atom is -0.435 e. The van der Waals surface area contributed by atoms with Crippen LogP contribution >= 0.6 is 0 Å². The summed E-state index contributed by atoms with van der Waals surface area (Å²) in [5, 5.41) is 13.9. The van der Waals surface area contributed by atoms with Crippen LogP contribution in [0.3, 0.4) is 0 Å². The largest absolute Gasteiger partial charge is 0.435 e. The molecule has 0 heterocycles. The van der Waals surface area contributed by atoms with E-state index < -0.39 is 18.1 Å². The summed E-state index contributed by atoms with van der Waals surface area (Å²) in [6.45, 7) is 0.0840. The molecule has 0 spiro atoms. The summed E-state index contributed by atoms with van der Waals surface area (Å²) in [4.78, 5) is 12.0. The standard InChI is InChI=1S/C12H15F2N3O3/c1-12(2,10(15)17-19)16-9(18)7-4-3-5-8(6-7)20-11(13)14/h3-6,11,19H,1-2H3,(H2,15,17)(H,16,18). The van der Waals surface area contributed by atoms with Crippen molar-refractivity contribution >= 4 is 11.7 Å². The highest BCUT2D eigenvalue weighted by Gasteiger charge is 2.26. The Bertz CT molecular complexity index is 518. The SMILES string of the molecule is CC(C)(NC(=O)c1cccc(OC(F)F)c1)/C(N)=N/O. The molecule has 0 atom stereocenters. The zero-order chi connectivity index (χ0) is 15.3. The lowest BCUT2D eigenvalue weighted by atomic mass is 10.0. The number of alkyl halides is 2. The quantitative estimate of drug-likeness (QED) is 0.331. The lowest BCUT2D eigenvalue weighted by Crippen LogP contribution is -2.53. The number of nitrogens with two attached hydrogens (primary N) is 1. The minimum absolute atomic E-state index is 0.113. The van der Waals surface area contributed by atoms with Crippen molar-refractivity contribution in [1.82, 2.24) is 5.32 Å². The maximum atomic E-state index is 12.1. The molecule has 0 aliphatic carbocycles. The molecule has 0 radical (unpaired) electrons. The molecule has 0 saturated heterocycles. The van der Waals surface area contributed by atoms with Crippen molar-refractivity contribution in [2.75, 3.05) is 0 Å². The van der Waals surface area contributed by atoms with Gasteiger partial charge in [0.05, 0.1) is 5.54 Å². The highest BCUT2D eigenvalue weighted by atomic mass is 19.3. The molecule has 0 aliphatic heterocycles. The van der Waals surface area contributed by atoms with E-state index in [0.29, 0.717) is 0 Å². The second kappa shape index (κ2) is 6.18. The molecule has 0 saturated carbocycles. The topological polar surface area (TPSA) is 96.9 Å². The van der Waals surface area contributed by atoms with Gasteiger partial charge in [0.25, 0.3) is 5.91 Å². The molecule has 1 amide bonds. The number of amidine groups is 1. The van der Waals surface area contributed by atoms with Crippen LogP contribution in [0.25, 0.3) is 0 Å². The third kappa shape index (κ3) is 4.08. The molecule has 0 fully saturated rings. The van der Waals surface area contributed by atoms with Gasteiger partial charge in [-0.25, -0.2) is 0 Å². The van der Waals surface area contributed by atoms with Gasteiger partial charge in [-0.1, -0.05) is 11.2 Å². The molecule has 0 bridgehead atoms. The Kier molecular flexibility index (Phi) is 4.84. The molecular formula is C12H15F2N3O3. The molecule has 1 rings (SSSR count). The van der Waals surface area contributed by atoms with Crippen molar-refractivity contribution in [1.29, 1.82) is 0 Å². The van der Waals surface area contributed by atoms with Gasteiger partial charge in [-0.2, -0.15) is 8.78 Å². The van der Waals surface area contributed by atoms with Crippen LogP contribution in [0.1, 0.15) is 24.2 Å². The fourth-order valence-corrected chi connectivity index (χ4v) is 1.36. The monoisotopic (exact) mass is 287 g/mol. The molecule has 0 aliphatic rings. The third-order valence-electron chi connectivity index (χ3n) is 2.50. The molecule has 1 aromatic rings. The molecule has 1 aromatic carbocycles. The van der Waals surface area contributed by atoms with E-state index in [2.05, 4.69) is 15.2 Å². The highest BCUT2D eigenvalue weighted by molar-refractivity contribution is 6.00. The Morgan fingerprint density at radius 2 is 2.15 bits per heavy atom. The number of hydrogen-bond donors (Lipinski definition) is 3. The van der Waals surface area contributed by atoms with E-state index in [4.69, 9.17) is 10.9 Å². The number of rotatable bonds is 5. The summed E-state index contributed by atoms with van der Waals surface area (Å²) < 4.78 is 28.4. The van der Waals surface area contributed by atoms with Crippen molar-refractivity contribution in [3.63, 3.8) is 0 Å². The van der Waals surface area contributed by atoms with Gasteiger partial charge in [0.2, 0.25) is 0 Å². The minimum atomic E-state index is -2.97. The van der Waals surface area contributed by atoms with Gasteiger partial charge < -0.3 is 21.0 Å². The van der Waals surface area contributed by atoms with E-state index in [1.807, 2.05) is 0 Å². The number of benzene rings is 1. The maximum absolute atomic E-state index is 12.1. The lowest BCUT2D eigenvalue weighted by Gasteiger charge is -2.24. The predicted molar refractivity (Wildman–Crippen MR) is 68.0 cm³/mol. The second-order valence-electron chi connectivity index (χ2n) is 4.47. The zero-order valence-corrected chi connectivity index (χ0v) is 10.9. The predicted octanol–water partition coefficient (Wildman–Crippen LogP) is 1.54. The Morgan fingerprint density at radius 3 is 2.70 bits per heavy atom. The van der Waals surface area contributed by atoms with E-state index in [1.54, 1.807) is 0 Å². The van der Waals surface area contributed by atoms with E-state index in [0.717, 1.165) is 0 Å². The van der Waals surface area contributed by atoms with Gasteiger partial charge in [-0.05, 0) is 32.0 Å². The number of ether oxygens (including phenoxy) is 1. The van der Waals surface area contributed by atoms with Gasteiger partial charge in [0.15, 0.2) is 5.84 Å². The van der Waals surface area contributed by atoms with Crippen molar-refractivity contribution in [3.8, 4) is 5.75 Å². The maximum Gasteiger partial charge on any atom is 0.387 e. The Labute approximate surface area is 114 Å². The van der Waals surface area contributed by atoms with Gasteiger partial charge in [-0.3, -0.25) is 4.79 Å². The molecule has 8 heteroatoms. The van der Waals surface area contributed by atoms with Crippen LogP contribution in [0.15, 0.2) is 29.4 Å². The fourth-order valence-electron chi connectivity index (χ4n) is 1.36. The van der Waals surface area contributed by atoms with E-state index in [1.165, 1.54) is 38.1 Å². The van der Waals surface area contributed by atoms with Crippen molar-refractivity contribution in [2.45, 2.75) is 26.0 Å². The van der Waals surface area contributed by atoms with Crippen LogP contribution in [-0.2, 0) is 0 Å².